The summed E-state index contributed by atoms with van der Waals surface area (Å²) in [7, 11) is 1.27. The highest BCUT2D eigenvalue weighted by Crippen LogP contribution is 2.33. The number of H-pyrrole nitrogens is 1. The number of benzene rings is 4. The first-order valence-electron chi connectivity index (χ1n) is 13.3. The maximum atomic E-state index is 14.0. The van der Waals surface area contributed by atoms with Crippen LogP contribution in [0.5, 0.6) is 0 Å². The van der Waals surface area contributed by atoms with Crippen LogP contribution in [-0.2, 0) is 9.53 Å². The lowest BCUT2D eigenvalue weighted by Gasteiger charge is -2.24. The van der Waals surface area contributed by atoms with Gasteiger partial charge in [0.15, 0.2) is 6.04 Å². The van der Waals surface area contributed by atoms with E-state index in [0.29, 0.717) is 28.2 Å². The summed E-state index contributed by atoms with van der Waals surface area (Å²) in [4.78, 5) is 43.6. The Labute approximate surface area is 241 Å². The summed E-state index contributed by atoms with van der Waals surface area (Å²) in [5, 5.41) is 14.6. The van der Waals surface area contributed by atoms with Crippen molar-refractivity contribution < 1.29 is 14.5 Å². The van der Waals surface area contributed by atoms with Crippen molar-refractivity contribution >= 4 is 17.4 Å². The highest BCUT2D eigenvalue weighted by atomic mass is 16.6. The molecule has 0 unspecified atom stereocenters. The van der Waals surface area contributed by atoms with E-state index in [9.17, 15) is 19.7 Å². The zero-order valence-electron chi connectivity index (χ0n) is 23.0. The van der Waals surface area contributed by atoms with Crippen LogP contribution < -0.4 is 5.56 Å². The van der Waals surface area contributed by atoms with Gasteiger partial charge in [-0.05, 0) is 24.6 Å². The summed E-state index contributed by atoms with van der Waals surface area (Å²) in [6.07, 6.45) is 0. The van der Waals surface area contributed by atoms with Gasteiger partial charge in [-0.1, -0.05) is 91.0 Å². The zero-order chi connectivity index (χ0) is 29.6. The first-order chi connectivity index (χ1) is 20.4. The molecule has 0 bridgehead atoms. The fourth-order valence-corrected chi connectivity index (χ4v) is 5.03. The minimum Gasteiger partial charge on any atom is -0.467 e. The number of aromatic nitrogens is 2. The Morgan fingerprint density at radius 3 is 1.88 bits per heavy atom. The van der Waals surface area contributed by atoms with Gasteiger partial charge in [0, 0.05) is 40.4 Å². The number of aromatic amines is 1. The fraction of sp³-hybridized carbons (Fsp3) is 0.121. The van der Waals surface area contributed by atoms with Gasteiger partial charge in [-0.3, -0.25) is 25.0 Å². The van der Waals surface area contributed by atoms with E-state index in [1.165, 1.54) is 23.9 Å². The third-order valence-corrected chi connectivity index (χ3v) is 7.03. The number of hydrogen-bond acceptors (Lipinski definition) is 6. The van der Waals surface area contributed by atoms with Crippen LogP contribution in [0.4, 0.5) is 5.69 Å². The summed E-state index contributed by atoms with van der Waals surface area (Å²) >= 11 is 0. The summed E-state index contributed by atoms with van der Waals surface area (Å²) in [6.45, 7) is 1.75. The quantitative estimate of drug-likeness (QED) is 0.109. The number of non-ortho nitro benzene ring substituents is 1. The standard InChI is InChI=1S/C33H28N4O5/c1-22-28(32(38)36(35-22)26-16-10-5-11-17-26)29(23-18-20-27(21-19-23)37(40)41)31(33(39)42-2)34-30(24-12-6-3-7-13-24)25-14-8-4-9-15-25/h3-21,29,31,35H,1-2H3/t29-,31+/m1/s1. The number of carbonyl (C=O) groups excluding carboxylic acids is 1. The topological polar surface area (TPSA) is 120 Å². The molecule has 0 fully saturated rings. The summed E-state index contributed by atoms with van der Waals surface area (Å²) in [5.41, 5.74) is 3.54. The Morgan fingerprint density at radius 1 is 0.857 bits per heavy atom. The number of nitrogens with one attached hydrogen (secondary N) is 1. The van der Waals surface area contributed by atoms with Gasteiger partial charge in [0.2, 0.25) is 0 Å². The molecule has 5 aromatic rings. The Bertz CT molecular complexity index is 1740. The Balaban J connectivity index is 1.78. The molecule has 0 saturated heterocycles. The lowest BCUT2D eigenvalue weighted by molar-refractivity contribution is -0.384. The van der Waals surface area contributed by atoms with Gasteiger partial charge in [-0.15, -0.1) is 0 Å². The number of nitro groups is 1. The first-order valence-corrected chi connectivity index (χ1v) is 13.3. The van der Waals surface area contributed by atoms with Crippen LogP contribution in [0.25, 0.3) is 5.69 Å². The monoisotopic (exact) mass is 560 g/mol. The minimum atomic E-state index is -1.21. The number of carbonyl (C=O) groups is 1. The van der Waals surface area contributed by atoms with Crippen molar-refractivity contribution in [2.75, 3.05) is 7.11 Å². The maximum absolute atomic E-state index is 14.0. The van der Waals surface area contributed by atoms with E-state index in [4.69, 9.17) is 9.73 Å². The fourth-order valence-electron chi connectivity index (χ4n) is 5.03. The Hall–Kier alpha value is -5.57. The second-order valence-electron chi connectivity index (χ2n) is 9.63. The molecule has 0 aliphatic rings. The molecule has 0 spiro atoms. The van der Waals surface area contributed by atoms with Gasteiger partial charge in [-0.2, -0.15) is 0 Å². The van der Waals surface area contributed by atoms with Crippen molar-refractivity contribution in [3.05, 3.63) is 164 Å². The number of para-hydroxylation sites is 1. The zero-order valence-corrected chi connectivity index (χ0v) is 23.0. The van der Waals surface area contributed by atoms with Gasteiger partial charge in [0.1, 0.15) is 0 Å². The van der Waals surface area contributed by atoms with Gasteiger partial charge in [0.05, 0.1) is 23.4 Å². The molecule has 9 heteroatoms. The van der Waals surface area contributed by atoms with Crippen molar-refractivity contribution in [3.63, 3.8) is 0 Å². The smallest absolute Gasteiger partial charge is 0.331 e. The second-order valence-corrected chi connectivity index (χ2v) is 9.63. The third-order valence-electron chi connectivity index (χ3n) is 7.03. The average Bonchev–Trinajstić information content (AvgIpc) is 3.33. The average molecular weight is 561 g/mol. The molecule has 0 saturated carbocycles. The SMILES string of the molecule is COC(=O)[C@@H](N=C(c1ccccc1)c1ccccc1)[C@H](c1ccc([N+](=O)[O-])cc1)c1c(C)[nH]n(-c2ccccc2)c1=O. The summed E-state index contributed by atoms with van der Waals surface area (Å²) in [6, 6.07) is 32.5. The number of esters is 1. The molecule has 0 radical (unpaired) electrons. The molecule has 5 rings (SSSR count). The highest BCUT2D eigenvalue weighted by molar-refractivity contribution is 6.13. The maximum Gasteiger partial charge on any atom is 0.331 e. The third kappa shape index (κ3) is 5.66. The van der Waals surface area contributed by atoms with Gasteiger partial charge in [0.25, 0.3) is 11.2 Å². The van der Waals surface area contributed by atoms with Crippen molar-refractivity contribution in [3.8, 4) is 5.69 Å². The molecular formula is C33H28N4O5. The van der Waals surface area contributed by atoms with Gasteiger partial charge in [-0.25, -0.2) is 9.48 Å². The van der Waals surface area contributed by atoms with Crippen LogP contribution in [0.3, 0.4) is 0 Å². The molecule has 0 aliphatic carbocycles. The van der Waals surface area contributed by atoms with Crippen LogP contribution >= 0.6 is 0 Å². The molecular weight excluding hydrogens is 532 g/mol. The normalized spacial score (nSPS) is 12.2. The van der Waals surface area contributed by atoms with Crippen molar-refractivity contribution in [2.45, 2.75) is 18.9 Å². The summed E-state index contributed by atoms with van der Waals surface area (Å²) < 4.78 is 6.68. The molecule has 0 aliphatic heterocycles. The minimum absolute atomic E-state index is 0.114. The molecule has 2 atom stereocenters. The number of aryl methyl sites for hydroxylation is 1. The van der Waals surface area contributed by atoms with Crippen molar-refractivity contribution in [2.24, 2.45) is 4.99 Å². The van der Waals surface area contributed by atoms with E-state index >= 15 is 0 Å². The molecule has 0 amide bonds. The van der Waals surface area contributed by atoms with Gasteiger partial charge < -0.3 is 4.74 Å². The predicted molar refractivity (Wildman–Crippen MR) is 160 cm³/mol. The number of aliphatic imine (C=N–C) groups is 1. The Kier molecular flexibility index (Phi) is 8.19. The Morgan fingerprint density at radius 2 is 1.38 bits per heavy atom. The first kappa shape index (κ1) is 28.0. The van der Waals surface area contributed by atoms with Crippen LogP contribution in [0.1, 0.15) is 33.9 Å². The van der Waals surface area contributed by atoms with Crippen molar-refractivity contribution in [1.29, 1.82) is 0 Å². The molecule has 210 valence electrons. The molecule has 1 heterocycles. The molecule has 42 heavy (non-hydrogen) atoms. The lowest BCUT2D eigenvalue weighted by Crippen LogP contribution is -2.33. The number of rotatable bonds is 9. The number of nitro benzene ring substituents is 1. The van der Waals surface area contributed by atoms with E-state index in [0.717, 1.165) is 11.1 Å². The van der Waals surface area contributed by atoms with Crippen LogP contribution in [0.2, 0.25) is 0 Å². The van der Waals surface area contributed by atoms with Crippen LogP contribution in [0, 0.1) is 17.0 Å². The van der Waals surface area contributed by atoms with Crippen LogP contribution in [-0.4, -0.2) is 39.5 Å². The summed E-state index contributed by atoms with van der Waals surface area (Å²) in [5.74, 6) is -1.59. The number of nitrogens with zero attached hydrogens (tertiary/aromatic N) is 3. The molecule has 1 aromatic heterocycles. The second kappa shape index (κ2) is 12.3. The molecule has 4 aromatic carbocycles. The van der Waals surface area contributed by atoms with E-state index in [2.05, 4.69) is 5.10 Å². The largest absolute Gasteiger partial charge is 0.467 e. The molecule has 1 N–H and O–H groups in total. The van der Waals surface area contributed by atoms with Crippen molar-refractivity contribution in [1.82, 2.24) is 9.78 Å². The van der Waals surface area contributed by atoms with Crippen LogP contribution in [0.15, 0.2) is 125 Å². The predicted octanol–water partition coefficient (Wildman–Crippen LogP) is 5.59. The van der Waals surface area contributed by atoms with Gasteiger partial charge >= 0.3 is 5.97 Å². The highest BCUT2D eigenvalue weighted by Gasteiger charge is 2.37. The lowest BCUT2D eigenvalue weighted by atomic mass is 9.84. The number of hydrogen-bond donors (Lipinski definition) is 1. The van der Waals surface area contributed by atoms with E-state index in [1.807, 2.05) is 78.9 Å². The van der Waals surface area contributed by atoms with E-state index in [1.54, 1.807) is 31.2 Å². The number of methoxy groups -OCH3 is 1. The molecule has 9 nitrogen and oxygen atoms in total. The van der Waals surface area contributed by atoms with E-state index in [-0.39, 0.29) is 11.2 Å². The van der Waals surface area contributed by atoms with E-state index < -0.39 is 22.9 Å². The number of ether oxygens (including phenoxy) is 1.